The Hall–Kier alpha value is -1.03. The van der Waals surface area contributed by atoms with Crippen molar-refractivity contribution in [1.82, 2.24) is 0 Å². The molecule has 1 aromatic rings. The van der Waals surface area contributed by atoms with E-state index in [-0.39, 0.29) is 16.4 Å². The molecule has 0 saturated carbocycles. The van der Waals surface area contributed by atoms with E-state index in [1.54, 1.807) is 6.07 Å². The third kappa shape index (κ3) is 2.58. The fourth-order valence-corrected chi connectivity index (χ4v) is 2.99. The molecular weight excluding hydrogens is 263 g/mol. The number of rotatable bonds is 1. The minimum absolute atomic E-state index is 0.00567. The van der Waals surface area contributed by atoms with Crippen molar-refractivity contribution in [3.05, 3.63) is 34.9 Å². The van der Waals surface area contributed by atoms with Crippen LogP contribution in [0.25, 0.3) is 0 Å². The zero-order valence-corrected chi connectivity index (χ0v) is 12.4. The Bertz CT molecular complexity index is 515. The quantitative estimate of drug-likeness (QED) is 0.802. The van der Waals surface area contributed by atoms with Gasteiger partial charge in [-0.15, -0.1) is 0 Å². The van der Waals surface area contributed by atoms with Gasteiger partial charge in [0.15, 0.2) is 0 Å². The molecule has 112 valence electrons. The fourth-order valence-electron chi connectivity index (χ4n) is 2.99. The lowest BCUT2D eigenvalue weighted by Gasteiger charge is -2.42. The van der Waals surface area contributed by atoms with Crippen LogP contribution in [0.3, 0.4) is 0 Å². The molecule has 1 aliphatic rings. The van der Waals surface area contributed by atoms with Crippen molar-refractivity contribution in [3.63, 3.8) is 0 Å². The van der Waals surface area contributed by atoms with Gasteiger partial charge in [0, 0.05) is 0 Å². The highest BCUT2D eigenvalue weighted by Crippen LogP contribution is 2.46. The Morgan fingerprint density at radius 1 is 1.00 bits per heavy atom. The van der Waals surface area contributed by atoms with Crippen LogP contribution < -0.4 is 5.73 Å². The molecule has 0 aromatic heterocycles. The minimum atomic E-state index is -4.40. The van der Waals surface area contributed by atoms with Gasteiger partial charge in [-0.2, -0.15) is 13.2 Å². The zero-order valence-electron chi connectivity index (χ0n) is 12.4. The van der Waals surface area contributed by atoms with Gasteiger partial charge in [0.25, 0.3) is 0 Å². The van der Waals surface area contributed by atoms with E-state index in [1.807, 2.05) is 6.07 Å². The third-order valence-electron chi connectivity index (χ3n) is 4.59. The van der Waals surface area contributed by atoms with Crippen molar-refractivity contribution in [1.29, 1.82) is 0 Å². The van der Waals surface area contributed by atoms with Crippen molar-refractivity contribution >= 4 is 0 Å². The first kappa shape index (κ1) is 15.4. The van der Waals surface area contributed by atoms with Crippen LogP contribution in [0.15, 0.2) is 18.2 Å². The van der Waals surface area contributed by atoms with Gasteiger partial charge in [-0.25, -0.2) is 0 Å². The molecule has 0 bridgehead atoms. The fraction of sp³-hybridized carbons (Fsp3) is 0.625. The summed E-state index contributed by atoms with van der Waals surface area (Å²) in [4.78, 5) is 0. The molecular formula is C16H22F3N. The van der Waals surface area contributed by atoms with Crippen molar-refractivity contribution in [2.24, 2.45) is 5.73 Å². The molecule has 0 saturated heterocycles. The van der Waals surface area contributed by atoms with E-state index in [0.717, 1.165) is 24.0 Å². The highest BCUT2D eigenvalue weighted by atomic mass is 19.4. The molecule has 0 heterocycles. The van der Waals surface area contributed by atoms with Crippen LogP contribution in [-0.4, -0.2) is 6.18 Å². The molecule has 1 unspecified atom stereocenters. The SMILES string of the molecule is CC1(C)CCC(C)(C)c2cc(C(N)C(F)(F)F)ccc21. The minimum Gasteiger partial charge on any atom is -0.316 e. The third-order valence-corrected chi connectivity index (χ3v) is 4.59. The number of fused-ring (bicyclic) bond motifs is 1. The highest BCUT2D eigenvalue weighted by Gasteiger charge is 2.41. The van der Waals surface area contributed by atoms with E-state index >= 15 is 0 Å². The maximum Gasteiger partial charge on any atom is 0.407 e. The van der Waals surface area contributed by atoms with Crippen LogP contribution >= 0.6 is 0 Å². The van der Waals surface area contributed by atoms with Gasteiger partial charge in [0.2, 0.25) is 0 Å². The second kappa shape index (κ2) is 4.48. The summed E-state index contributed by atoms with van der Waals surface area (Å²) in [5.41, 5.74) is 7.54. The van der Waals surface area contributed by atoms with Gasteiger partial charge < -0.3 is 5.73 Å². The summed E-state index contributed by atoms with van der Waals surface area (Å²) in [5, 5.41) is 0. The molecule has 0 fully saturated rings. The van der Waals surface area contributed by atoms with Crippen molar-refractivity contribution < 1.29 is 13.2 Å². The molecule has 1 nitrogen and oxygen atoms in total. The van der Waals surface area contributed by atoms with Crippen molar-refractivity contribution in [3.8, 4) is 0 Å². The average Bonchev–Trinajstić information content (AvgIpc) is 2.33. The number of hydrogen-bond donors (Lipinski definition) is 1. The Kier molecular flexibility index (Phi) is 3.44. The van der Waals surface area contributed by atoms with E-state index in [0.29, 0.717) is 0 Å². The van der Waals surface area contributed by atoms with E-state index in [9.17, 15) is 13.2 Å². The van der Waals surface area contributed by atoms with Crippen LogP contribution in [0.2, 0.25) is 0 Å². The van der Waals surface area contributed by atoms with Gasteiger partial charge in [-0.1, -0.05) is 45.9 Å². The molecule has 2 rings (SSSR count). The lowest BCUT2D eigenvalue weighted by atomic mass is 9.63. The predicted octanol–water partition coefficient (Wildman–Crippen LogP) is 4.60. The maximum absolute atomic E-state index is 12.8. The molecule has 0 amide bonds. The summed E-state index contributed by atoms with van der Waals surface area (Å²) in [6.07, 6.45) is -2.39. The second-order valence-electron chi connectivity index (χ2n) is 7.09. The summed E-state index contributed by atoms with van der Waals surface area (Å²) in [7, 11) is 0. The van der Waals surface area contributed by atoms with Gasteiger partial charge in [0.05, 0.1) is 0 Å². The van der Waals surface area contributed by atoms with Crippen LogP contribution in [-0.2, 0) is 10.8 Å². The van der Waals surface area contributed by atoms with Crippen LogP contribution in [0, 0.1) is 0 Å². The summed E-state index contributed by atoms with van der Waals surface area (Å²) >= 11 is 0. The van der Waals surface area contributed by atoms with Crippen molar-refractivity contribution in [2.75, 3.05) is 0 Å². The first-order valence-electron chi connectivity index (χ1n) is 6.92. The van der Waals surface area contributed by atoms with Gasteiger partial charge in [-0.3, -0.25) is 0 Å². The van der Waals surface area contributed by atoms with E-state index in [1.165, 1.54) is 6.07 Å². The first-order valence-corrected chi connectivity index (χ1v) is 6.92. The van der Waals surface area contributed by atoms with E-state index in [4.69, 9.17) is 5.73 Å². The molecule has 20 heavy (non-hydrogen) atoms. The number of benzene rings is 1. The maximum atomic E-state index is 12.8. The van der Waals surface area contributed by atoms with E-state index < -0.39 is 12.2 Å². The van der Waals surface area contributed by atoms with Gasteiger partial charge in [0.1, 0.15) is 6.04 Å². The number of hydrogen-bond acceptors (Lipinski definition) is 1. The molecule has 1 aromatic carbocycles. The Labute approximate surface area is 118 Å². The molecule has 0 aliphatic heterocycles. The molecule has 1 atom stereocenters. The zero-order chi connectivity index (χ0) is 15.3. The summed E-state index contributed by atoms with van der Waals surface area (Å²) < 4.78 is 38.4. The summed E-state index contributed by atoms with van der Waals surface area (Å²) in [6.45, 7) is 8.46. The topological polar surface area (TPSA) is 26.0 Å². The smallest absolute Gasteiger partial charge is 0.316 e. The summed E-state index contributed by atoms with van der Waals surface area (Å²) in [5.74, 6) is 0. The summed E-state index contributed by atoms with van der Waals surface area (Å²) in [6, 6.07) is 3.11. The average molecular weight is 285 g/mol. The van der Waals surface area contributed by atoms with Gasteiger partial charge in [-0.05, 0) is 40.4 Å². The Morgan fingerprint density at radius 3 is 2.00 bits per heavy atom. The van der Waals surface area contributed by atoms with Gasteiger partial charge >= 0.3 is 6.18 Å². The van der Waals surface area contributed by atoms with E-state index in [2.05, 4.69) is 27.7 Å². The van der Waals surface area contributed by atoms with Crippen LogP contribution in [0.1, 0.15) is 63.3 Å². The number of halogens is 3. The predicted molar refractivity (Wildman–Crippen MR) is 74.7 cm³/mol. The van der Waals surface area contributed by atoms with Crippen molar-refractivity contribution in [2.45, 2.75) is 63.6 Å². The number of alkyl halides is 3. The Morgan fingerprint density at radius 2 is 1.50 bits per heavy atom. The molecule has 2 N–H and O–H groups in total. The van der Waals surface area contributed by atoms with Crippen LogP contribution in [0.4, 0.5) is 13.2 Å². The number of nitrogens with two attached hydrogens (primary N) is 1. The molecule has 1 aliphatic carbocycles. The first-order chi connectivity index (χ1) is 8.95. The largest absolute Gasteiger partial charge is 0.407 e. The molecule has 0 radical (unpaired) electrons. The second-order valence-corrected chi connectivity index (χ2v) is 7.09. The Balaban J connectivity index is 2.54. The normalized spacial score (nSPS) is 22.2. The monoisotopic (exact) mass is 285 g/mol. The highest BCUT2D eigenvalue weighted by molar-refractivity contribution is 5.44. The molecule has 0 spiro atoms. The lowest BCUT2D eigenvalue weighted by molar-refractivity contribution is -0.149. The molecule has 4 heteroatoms. The standard InChI is InChI=1S/C16H22F3N/c1-14(2)7-8-15(3,4)12-9-10(5-6-11(12)14)13(20)16(17,18)19/h5-6,9,13H,7-8,20H2,1-4H3. The lowest BCUT2D eigenvalue weighted by Crippen LogP contribution is -2.35. The van der Waals surface area contributed by atoms with Crippen LogP contribution in [0.5, 0.6) is 0 Å².